The summed E-state index contributed by atoms with van der Waals surface area (Å²) in [6, 6.07) is 0. The van der Waals surface area contributed by atoms with E-state index >= 15 is 0 Å². The second kappa shape index (κ2) is 7.70. The number of piperidine rings is 1. The van der Waals surface area contributed by atoms with Crippen LogP contribution in [-0.2, 0) is 11.0 Å². The van der Waals surface area contributed by atoms with Crippen molar-refractivity contribution in [2.24, 2.45) is 5.92 Å². The first kappa shape index (κ1) is 15.4. The minimum Gasteiger partial charge on any atom is -0.237 e. The summed E-state index contributed by atoms with van der Waals surface area (Å²) in [5.41, 5.74) is 1.30. The average molecular weight is 267 g/mol. The van der Waals surface area contributed by atoms with E-state index < -0.39 is 11.0 Å². The fourth-order valence-corrected chi connectivity index (χ4v) is 3.00. The first-order valence-corrected chi connectivity index (χ1v) is 7.84. The molecule has 3 heteroatoms. The second-order valence-electron chi connectivity index (χ2n) is 5.08. The molecule has 1 saturated heterocycles. The maximum absolute atomic E-state index is 12.4. The molecule has 1 fully saturated rings. The summed E-state index contributed by atoms with van der Waals surface area (Å²) in [5.74, 6) is 0.524. The lowest BCUT2D eigenvalue weighted by Gasteiger charge is -2.25. The monoisotopic (exact) mass is 267 g/mol. The summed E-state index contributed by atoms with van der Waals surface area (Å²) < 4.78 is 14.4. The van der Waals surface area contributed by atoms with Crippen LogP contribution in [0.25, 0.3) is 0 Å². The topological polar surface area (TPSA) is 20.3 Å². The van der Waals surface area contributed by atoms with Crippen molar-refractivity contribution in [2.75, 3.05) is 13.1 Å². The van der Waals surface area contributed by atoms with E-state index in [1.54, 1.807) is 6.08 Å². The molecule has 2 nitrogen and oxygen atoms in total. The standard InChI is InChI=1S/C15H25NOS/c1-5-15(10-9-14(4)13(2)3)18(17)16-11-7-6-8-12-16/h5,9-10,13H,1,6-8,11-12H2,2-4H3/b14-9+,15-10+. The molecular formula is C15H25NOS. The molecule has 0 aliphatic carbocycles. The molecule has 1 atom stereocenters. The fraction of sp³-hybridized carbons (Fsp3) is 0.600. The molecule has 0 bridgehead atoms. The predicted octanol–water partition coefficient (Wildman–Crippen LogP) is 3.81. The molecule has 1 aliphatic rings. The Labute approximate surface area is 114 Å². The number of allylic oxidation sites excluding steroid dienone is 4. The van der Waals surface area contributed by atoms with Gasteiger partial charge in [0.1, 0.15) is 11.0 Å². The van der Waals surface area contributed by atoms with E-state index in [2.05, 4.69) is 37.7 Å². The molecule has 0 amide bonds. The van der Waals surface area contributed by atoms with Crippen LogP contribution in [0.5, 0.6) is 0 Å². The zero-order valence-electron chi connectivity index (χ0n) is 11.8. The number of nitrogens with zero attached hydrogens (tertiary/aromatic N) is 1. The van der Waals surface area contributed by atoms with Gasteiger partial charge in [-0.2, -0.15) is 0 Å². The van der Waals surface area contributed by atoms with E-state index in [4.69, 9.17) is 0 Å². The van der Waals surface area contributed by atoms with Crippen LogP contribution in [0.1, 0.15) is 40.0 Å². The molecule has 0 aromatic rings. The summed E-state index contributed by atoms with van der Waals surface area (Å²) in [4.78, 5) is 0.817. The van der Waals surface area contributed by atoms with E-state index in [0.29, 0.717) is 5.92 Å². The van der Waals surface area contributed by atoms with Crippen molar-refractivity contribution in [3.05, 3.63) is 35.3 Å². The minimum atomic E-state index is -1.04. The van der Waals surface area contributed by atoms with Crippen molar-refractivity contribution in [3.63, 3.8) is 0 Å². The number of rotatable bonds is 5. The molecule has 1 rings (SSSR count). The quantitative estimate of drug-likeness (QED) is 0.694. The molecule has 18 heavy (non-hydrogen) atoms. The zero-order chi connectivity index (χ0) is 13.5. The third-order valence-electron chi connectivity index (χ3n) is 3.37. The summed E-state index contributed by atoms with van der Waals surface area (Å²) in [6.07, 6.45) is 9.28. The van der Waals surface area contributed by atoms with Gasteiger partial charge in [-0.1, -0.05) is 44.6 Å². The van der Waals surface area contributed by atoms with Gasteiger partial charge in [0, 0.05) is 13.1 Å². The number of hydrogen-bond donors (Lipinski definition) is 0. The molecule has 0 saturated carbocycles. The van der Waals surface area contributed by atoms with Crippen molar-refractivity contribution in [3.8, 4) is 0 Å². The molecule has 0 N–H and O–H groups in total. The van der Waals surface area contributed by atoms with Crippen LogP contribution in [0.15, 0.2) is 35.3 Å². The first-order valence-electron chi connectivity index (χ1n) is 6.74. The van der Waals surface area contributed by atoms with Gasteiger partial charge in [-0.3, -0.25) is 0 Å². The third kappa shape index (κ3) is 4.54. The molecule has 102 valence electrons. The third-order valence-corrected chi connectivity index (χ3v) is 4.91. The normalized spacial score (nSPS) is 21.1. The van der Waals surface area contributed by atoms with Crippen LogP contribution in [0.3, 0.4) is 0 Å². The Morgan fingerprint density at radius 1 is 1.22 bits per heavy atom. The van der Waals surface area contributed by atoms with Crippen molar-refractivity contribution in [1.29, 1.82) is 0 Å². The van der Waals surface area contributed by atoms with E-state index in [-0.39, 0.29) is 0 Å². The fourth-order valence-electron chi connectivity index (χ4n) is 1.78. The molecule has 1 aliphatic heterocycles. The Hall–Kier alpha value is -0.670. The largest absolute Gasteiger partial charge is 0.237 e. The van der Waals surface area contributed by atoms with E-state index in [1.165, 1.54) is 12.0 Å². The van der Waals surface area contributed by atoms with Gasteiger partial charge in [0.05, 0.1) is 4.91 Å². The van der Waals surface area contributed by atoms with Crippen molar-refractivity contribution in [1.82, 2.24) is 4.31 Å². The Morgan fingerprint density at radius 2 is 1.83 bits per heavy atom. The van der Waals surface area contributed by atoms with Crippen LogP contribution in [0.4, 0.5) is 0 Å². The lowest BCUT2D eigenvalue weighted by molar-refractivity contribution is 0.368. The average Bonchev–Trinajstić information content (AvgIpc) is 2.39. The van der Waals surface area contributed by atoms with Crippen molar-refractivity contribution < 1.29 is 4.21 Å². The van der Waals surface area contributed by atoms with Gasteiger partial charge in [0.25, 0.3) is 0 Å². The van der Waals surface area contributed by atoms with Gasteiger partial charge in [-0.25, -0.2) is 8.51 Å². The van der Waals surface area contributed by atoms with Crippen LogP contribution in [0.2, 0.25) is 0 Å². The van der Waals surface area contributed by atoms with Crippen molar-refractivity contribution >= 4 is 11.0 Å². The molecule has 1 unspecified atom stereocenters. The molecule has 0 aromatic heterocycles. The highest BCUT2D eigenvalue weighted by molar-refractivity contribution is 7.86. The Morgan fingerprint density at radius 3 is 2.33 bits per heavy atom. The molecule has 0 spiro atoms. The van der Waals surface area contributed by atoms with E-state index in [9.17, 15) is 4.21 Å². The highest BCUT2D eigenvalue weighted by atomic mass is 32.2. The first-order chi connectivity index (χ1) is 8.56. The summed E-state index contributed by atoms with van der Waals surface area (Å²) in [5, 5.41) is 0. The van der Waals surface area contributed by atoms with Crippen LogP contribution in [0, 0.1) is 5.92 Å². The lowest BCUT2D eigenvalue weighted by atomic mass is 10.1. The van der Waals surface area contributed by atoms with Gasteiger partial charge < -0.3 is 0 Å². The van der Waals surface area contributed by atoms with E-state index in [1.807, 2.05) is 6.08 Å². The minimum absolute atomic E-state index is 0.524. The Kier molecular flexibility index (Phi) is 6.58. The second-order valence-corrected chi connectivity index (χ2v) is 6.56. The number of hydrogen-bond acceptors (Lipinski definition) is 1. The van der Waals surface area contributed by atoms with Gasteiger partial charge >= 0.3 is 0 Å². The summed E-state index contributed by atoms with van der Waals surface area (Å²) >= 11 is 0. The lowest BCUT2D eigenvalue weighted by Crippen LogP contribution is -2.31. The van der Waals surface area contributed by atoms with Crippen LogP contribution >= 0.6 is 0 Å². The van der Waals surface area contributed by atoms with Gasteiger partial charge in [-0.05, 0) is 31.8 Å². The van der Waals surface area contributed by atoms with Gasteiger partial charge in [0.2, 0.25) is 0 Å². The molecular weight excluding hydrogens is 242 g/mol. The van der Waals surface area contributed by atoms with E-state index in [0.717, 1.165) is 30.8 Å². The molecule has 0 aromatic carbocycles. The Balaban J connectivity index is 2.76. The van der Waals surface area contributed by atoms with Crippen molar-refractivity contribution in [2.45, 2.75) is 40.0 Å². The summed E-state index contributed by atoms with van der Waals surface area (Å²) in [6.45, 7) is 12.1. The SMILES string of the molecule is C=C/C(=C\C=C(/C)C(C)C)S(=O)N1CCCCC1. The zero-order valence-corrected chi connectivity index (χ0v) is 12.6. The predicted molar refractivity (Wildman–Crippen MR) is 80.4 cm³/mol. The maximum Gasteiger partial charge on any atom is 0.127 e. The van der Waals surface area contributed by atoms with Gasteiger partial charge in [0.15, 0.2) is 0 Å². The van der Waals surface area contributed by atoms with Crippen LogP contribution in [-0.4, -0.2) is 21.6 Å². The summed E-state index contributed by atoms with van der Waals surface area (Å²) in [7, 11) is -1.04. The highest BCUT2D eigenvalue weighted by Crippen LogP contribution is 2.17. The van der Waals surface area contributed by atoms with Crippen LogP contribution < -0.4 is 0 Å². The smallest absolute Gasteiger partial charge is 0.127 e. The Bertz CT molecular complexity index is 363. The van der Waals surface area contributed by atoms with Gasteiger partial charge in [-0.15, -0.1) is 0 Å². The highest BCUT2D eigenvalue weighted by Gasteiger charge is 2.17. The molecule has 0 radical (unpaired) electrons. The maximum atomic E-state index is 12.4. The molecule has 1 heterocycles.